The Morgan fingerprint density at radius 1 is 0.964 bits per heavy atom. The highest BCUT2D eigenvalue weighted by Gasteiger charge is 2.30. The number of hydrogen-bond donors (Lipinski definition) is 1. The van der Waals surface area contributed by atoms with Gasteiger partial charge >= 0.3 is 0 Å². The fourth-order valence-electron chi connectivity index (χ4n) is 4.54. The van der Waals surface area contributed by atoms with Crippen molar-refractivity contribution in [1.82, 2.24) is 14.8 Å². The van der Waals surface area contributed by atoms with Crippen LogP contribution in [0.2, 0.25) is 0 Å². The number of carbonyl (C=O) groups is 2. The van der Waals surface area contributed by atoms with Gasteiger partial charge in [0, 0.05) is 37.6 Å². The molecule has 2 saturated carbocycles. The summed E-state index contributed by atoms with van der Waals surface area (Å²) in [6, 6.07) is 0.436. The molecule has 152 valence electrons. The van der Waals surface area contributed by atoms with Crippen molar-refractivity contribution in [2.45, 2.75) is 76.8 Å². The maximum absolute atomic E-state index is 13.2. The van der Waals surface area contributed by atoms with Gasteiger partial charge in [-0.15, -0.1) is 0 Å². The first-order chi connectivity index (χ1) is 13.5. The van der Waals surface area contributed by atoms with Gasteiger partial charge in [-0.1, -0.05) is 26.2 Å². The minimum absolute atomic E-state index is 0.119. The molecule has 0 radical (unpaired) electrons. The van der Waals surface area contributed by atoms with E-state index in [9.17, 15) is 14.4 Å². The molecule has 0 spiro atoms. The molecule has 1 atom stereocenters. The van der Waals surface area contributed by atoms with Crippen LogP contribution in [0.15, 0.2) is 17.2 Å². The van der Waals surface area contributed by atoms with Gasteiger partial charge < -0.3 is 14.8 Å². The van der Waals surface area contributed by atoms with Crippen molar-refractivity contribution < 1.29 is 9.59 Å². The average molecular weight is 386 g/mol. The standard InChI is InChI=1S/C22H31N3O3/c1-15-6-5-11-24(12-15)22(28)19-14-25(17-7-3-2-4-8-17)13-18(20(19)26)21(27)23-16-9-10-16/h13-17H,2-12H2,1H3,(H,23,27)/t15-/m1/s1. The average Bonchev–Trinajstić information content (AvgIpc) is 3.52. The monoisotopic (exact) mass is 385 g/mol. The topological polar surface area (TPSA) is 71.4 Å². The second-order valence-electron chi connectivity index (χ2n) is 8.90. The van der Waals surface area contributed by atoms with E-state index in [0.29, 0.717) is 19.0 Å². The molecule has 1 aliphatic heterocycles. The van der Waals surface area contributed by atoms with E-state index in [1.165, 1.54) is 6.42 Å². The SMILES string of the molecule is C[C@@H]1CCCN(C(=O)c2cn(C3CCCCC3)cc(C(=O)NC3CC3)c2=O)C1. The molecule has 6 nitrogen and oxygen atoms in total. The summed E-state index contributed by atoms with van der Waals surface area (Å²) in [6.07, 6.45) is 13.0. The van der Waals surface area contributed by atoms with Gasteiger partial charge in [0.25, 0.3) is 11.8 Å². The summed E-state index contributed by atoms with van der Waals surface area (Å²) in [5, 5.41) is 2.92. The number of carbonyl (C=O) groups excluding carboxylic acids is 2. The Morgan fingerprint density at radius 3 is 2.36 bits per heavy atom. The molecule has 0 unspecified atom stereocenters. The molecule has 4 rings (SSSR count). The Kier molecular flexibility index (Phi) is 5.56. The molecule has 1 aromatic heterocycles. The molecule has 1 N–H and O–H groups in total. The predicted octanol–water partition coefficient (Wildman–Crippen LogP) is 3.12. The van der Waals surface area contributed by atoms with E-state index < -0.39 is 5.43 Å². The van der Waals surface area contributed by atoms with Crippen molar-refractivity contribution in [2.24, 2.45) is 5.92 Å². The number of piperidine rings is 1. The lowest BCUT2D eigenvalue weighted by atomic mass is 9.94. The molecule has 1 aromatic rings. The van der Waals surface area contributed by atoms with E-state index in [0.717, 1.165) is 51.4 Å². The van der Waals surface area contributed by atoms with Crippen LogP contribution >= 0.6 is 0 Å². The second-order valence-corrected chi connectivity index (χ2v) is 8.90. The second kappa shape index (κ2) is 8.10. The molecule has 2 amide bonds. The minimum Gasteiger partial charge on any atom is -0.349 e. The van der Waals surface area contributed by atoms with Gasteiger partial charge in [-0.05, 0) is 44.4 Å². The molecular formula is C22H31N3O3. The van der Waals surface area contributed by atoms with Gasteiger partial charge in [-0.2, -0.15) is 0 Å². The molecular weight excluding hydrogens is 354 g/mol. The van der Waals surface area contributed by atoms with Crippen LogP contribution in [0.1, 0.15) is 91.5 Å². The molecule has 1 saturated heterocycles. The van der Waals surface area contributed by atoms with Crippen molar-refractivity contribution in [3.05, 3.63) is 33.7 Å². The summed E-state index contributed by atoms with van der Waals surface area (Å²) < 4.78 is 1.98. The first-order valence-corrected chi connectivity index (χ1v) is 10.9. The molecule has 3 fully saturated rings. The first-order valence-electron chi connectivity index (χ1n) is 10.9. The minimum atomic E-state index is -0.423. The highest BCUT2D eigenvalue weighted by atomic mass is 16.2. The van der Waals surface area contributed by atoms with Crippen molar-refractivity contribution in [2.75, 3.05) is 13.1 Å². The lowest BCUT2D eigenvalue weighted by Gasteiger charge is -2.31. The molecule has 28 heavy (non-hydrogen) atoms. The lowest BCUT2D eigenvalue weighted by molar-refractivity contribution is 0.0680. The molecule has 2 heterocycles. The van der Waals surface area contributed by atoms with Crippen molar-refractivity contribution in [3.63, 3.8) is 0 Å². The van der Waals surface area contributed by atoms with Crippen LogP contribution in [0, 0.1) is 5.92 Å². The van der Waals surface area contributed by atoms with Crippen LogP contribution in [0.4, 0.5) is 0 Å². The molecule has 0 bridgehead atoms. The summed E-state index contributed by atoms with van der Waals surface area (Å²) in [5.74, 6) is -0.111. The van der Waals surface area contributed by atoms with Crippen molar-refractivity contribution in [3.8, 4) is 0 Å². The van der Waals surface area contributed by atoms with Crippen LogP contribution in [0.25, 0.3) is 0 Å². The zero-order valence-corrected chi connectivity index (χ0v) is 16.8. The lowest BCUT2D eigenvalue weighted by Crippen LogP contribution is -2.42. The third-order valence-electron chi connectivity index (χ3n) is 6.37. The maximum atomic E-state index is 13.2. The van der Waals surface area contributed by atoms with E-state index in [2.05, 4.69) is 12.2 Å². The van der Waals surface area contributed by atoms with Crippen LogP contribution in [-0.4, -0.2) is 40.4 Å². The summed E-state index contributed by atoms with van der Waals surface area (Å²) in [5.41, 5.74) is -0.148. The number of rotatable bonds is 4. The highest BCUT2D eigenvalue weighted by molar-refractivity contribution is 5.99. The third kappa shape index (κ3) is 4.15. The Bertz CT molecular complexity index is 806. The van der Waals surface area contributed by atoms with Crippen LogP contribution in [0.3, 0.4) is 0 Å². The molecule has 0 aromatic carbocycles. The summed E-state index contributed by atoms with van der Waals surface area (Å²) in [6.45, 7) is 3.50. The fourth-order valence-corrected chi connectivity index (χ4v) is 4.54. The van der Waals surface area contributed by atoms with Crippen molar-refractivity contribution in [1.29, 1.82) is 0 Å². The zero-order chi connectivity index (χ0) is 19.7. The normalized spacial score (nSPS) is 23.5. The fraction of sp³-hybridized carbons (Fsp3) is 0.682. The van der Waals surface area contributed by atoms with E-state index >= 15 is 0 Å². The number of nitrogens with zero attached hydrogens (tertiary/aromatic N) is 2. The Balaban J connectivity index is 1.69. The van der Waals surface area contributed by atoms with E-state index in [1.54, 1.807) is 17.3 Å². The largest absolute Gasteiger partial charge is 0.349 e. The first kappa shape index (κ1) is 19.2. The van der Waals surface area contributed by atoms with Gasteiger partial charge in [-0.25, -0.2) is 0 Å². The van der Waals surface area contributed by atoms with Gasteiger partial charge in [0.05, 0.1) is 0 Å². The van der Waals surface area contributed by atoms with Gasteiger partial charge in [-0.3, -0.25) is 14.4 Å². The number of likely N-dealkylation sites (tertiary alicyclic amines) is 1. The Morgan fingerprint density at radius 2 is 1.68 bits per heavy atom. The Labute approximate surface area is 166 Å². The van der Waals surface area contributed by atoms with Crippen molar-refractivity contribution >= 4 is 11.8 Å². The number of aromatic nitrogens is 1. The number of hydrogen-bond acceptors (Lipinski definition) is 3. The van der Waals surface area contributed by atoms with Gasteiger partial charge in [0.2, 0.25) is 5.43 Å². The Hall–Kier alpha value is -2.11. The molecule has 3 aliphatic rings. The van der Waals surface area contributed by atoms with Crippen LogP contribution < -0.4 is 10.7 Å². The zero-order valence-electron chi connectivity index (χ0n) is 16.8. The van der Waals surface area contributed by atoms with Gasteiger partial charge in [0.1, 0.15) is 11.1 Å². The maximum Gasteiger partial charge on any atom is 0.259 e. The number of amides is 2. The third-order valence-corrected chi connectivity index (χ3v) is 6.37. The summed E-state index contributed by atoms with van der Waals surface area (Å²) in [4.78, 5) is 40.8. The van der Waals surface area contributed by atoms with Gasteiger partial charge in [0.15, 0.2) is 0 Å². The highest BCUT2D eigenvalue weighted by Crippen LogP contribution is 2.28. The van der Waals surface area contributed by atoms with Crippen LogP contribution in [-0.2, 0) is 0 Å². The number of nitrogens with one attached hydrogen (secondary N) is 1. The van der Waals surface area contributed by atoms with E-state index in [1.807, 2.05) is 4.57 Å². The predicted molar refractivity (Wildman–Crippen MR) is 108 cm³/mol. The van der Waals surface area contributed by atoms with E-state index in [4.69, 9.17) is 0 Å². The summed E-state index contributed by atoms with van der Waals surface area (Å²) >= 11 is 0. The number of pyridine rings is 1. The quantitative estimate of drug-likeness (QED) is 0.866. The molecule has 6 heteroatoms. The smallest absolute Gasteiger partial charge is 0.259 e. The summed E-state index contributed by atoms with van der Waals surface area (Å²) in [7, 11) is 0. The molecule has 2 aliphatic carbocycles. The van der Waals surface area contributed by atoms with Crippen LogP contribution in [0.5, 0.6) is 0 Å². The van der Waals surface area contributed by atoms with E-state index in [-0.39, 0.29) is 35.0 Å².